The third-order valence-corrected chi connectivity index (χ3v) is 5.62. The second-order valence-corrected chi connectivity index (χ2v) is 8.57. The fraction of sp³-hybridized carbons (Fsp3) is 0.458. The van der Waals surface area contributed by atoms with Crippen LogP contribution in [0.2, 0.25) is 0 Å². The van der Waals surface area contributed by atoms with E-state index in [-0.39, 0.29) is 19.3 Å². The van der Waals surface area contributed by atoms with Crippen molar-refractivity contribution in [2.75, 3.05) is 13.2 Å². The number of rotatable bonds is 16. The quantitative estimate of drug-likeness (QED) is 0.117. The molecule has 0 fully saturated rings. The smallest absolute Gasteiger partial charge is 0.326 e. The van der Waals surface area contributed by atoms with Gasteiger partial charge in [-0.05, 0) is 31.4 Å². The molecule has 0 aliphatic rings. The van der Waals surface area contributed by atoms with Gasteiger partial charge in [-0.1, -0.05) is 30.3 Å². The highest BCUT2D eigenvalue weighted by Crippen LogP contribution is 2.08. The maximum atomic E-state index is 13.2. The van der Waals surface area contributed by atoms with Crippen LogP contribution in [0.3, 0.4) is 0 Å². The van der Waals surface area contributed by atoms with Crippen LogP contribution in [0.25, 0.3) is 0 Å². The number of carbonyl (C=O) groups is 4. The molecule has 3 amide bonds. The van der Waals surface area contributed by atoms with E-state index in [1.807, 2.05) is 0 Å². The van der Waals surface area contributed by atoms with Gasteiger partial charge in [0.25, 0.3) is 0 Å². The Morgan fingerprint density at radius 1 is 0.919 bits per heavy atom. The predicted octanol–water partition coefficient (Wildman–Crippen LogP) is -1.82. The summed E-state index contributed by atoms with van der Waals surface area (Å²) >= 11 is 0. The fourth-order valence-corrected chi connectivity index (χ4v) is 3.54. The molecule has 10 N–H and O–H groups in total. The van der Waals surface area contributed by atoms with E-state index >= 15 is 0 Å². The summed E-state index contributed by atoms with van der Waals surface area (Å²) < 4.78 is 0. The van der Waals surface area contributed by atoms with E-state index in [1.165, 1.54) is 12.5 Å². The number of aliphatic hydroxyl groups excluding tert-OH is 1. The van der Waals surface area contributed by atoms with E-state index in [1.54, 1.807) is 30.3 Å². The standard InChI is InChI=1S/C24H35N7O6/c25-9-5-4-8-18(22(34)31-20(24(36)37)10-15-6-2-1-3-7-15)29-23(35)19(11-16-12-27-14-28-16)30-21(33)17(26)13-32/h1-3,6-7,12,14,17-20,32H,4-5,8-11,13,25-26H2,(H,27,28)(H,29,35)(H,30,33)(H,31,34)(H,36,37). The third kappa shape index (κ3) is 9.99. The van der Waals surface area contributed by atoms with Crippen molar-refractivity contribution in [3.05, 3.63) is 54.1 Å². The minimum absolute atomic E-state index is 0.0125. The average Bonchev–Trinajstić information content (AvgIpc) is 3.40. The number of aliphatic carboxylic acids is 1. The van der Waals surface area contributed by atoms with Crippen LogP contribution in [0.4, 0.5) is 0 Å². The first-order valence-electron chi connectivity index (χ1n) is 12.0. The first kappa shape index (κ1) is 29.4. The molecular weight excluding hydrogens is 482 g/mol. The Morgan fingerprint density at radius 2 is 1.57 bits per heavy atom. The number of amides is 3. The molecule has 1 aromatic carbocycles. The van der Waals surface area contributed by atoms with E-state index < -0.39 is 54.5 Å². The highest BCUT2D eigenvalue weighted by molar-refractivity contribution is 5.94. The number of carboxylic acid groups (broad SMARTS) is 1. The van der Waals surface area contributed by atoms with Crippen LogP contribution in [-0.2, 0) is 32.0 Å². The second kappa shape index (κ2) is 15.3. The van der Waals surface area contributed by atoms with E-state index in [9.17, 15) is 29.4 Å². The number of hydrogen-bond acceptors (Lipinski definition) is 8. The average molecular weight is 518 g/mol. The van der Waals surface area contributed by atoms with Crippen molar-refractivity contribution in [1.82, 2.24) is 25.9 Å². The Balaban J connectivity index is 2.17. The fourth-order valence-electron chi connectivity index (χ4n) is 3.54. The molecule has 2 rings (SSSR count). The number of imidazole rings is 1. The van der Waals surface area contributed by atoms with Crippen LogP contribution in [-0.4, -0.2) is 81.2 Å². The number of nitrogens with one attached hydrogen (secondary N) is 4. The van der Waals surface area contributed by atoms with Gasteiger partial charge in [-0.15, -0.1) is 0 Å². The molecule has 0 bridgehead atoms. The molecule has 0 radical (unpaired) electrons. The summed E-state index contributed by atoms with van der Waals surface area (Å²) in [5.74, 6) is -3.32. The number of unbranched alkanes of at least 4 members (excludes halogenated alkanes) is 1. The number of H-pyrrole nitrogens is 1. The predicted molar refractivity (Wildman–Crippen MR) is 134 cm³/mol. The van der Waals surface area contributed by atoms with Gasteiger partial charge in [-0.25, -0.2) is 9.78 Å². The van der Waals surface area contributed by atoms with Gasteiger partial charge in [-0.2, -0.15) is 0 Å². The summed E-state index contributed by atoms with van der Waals surface area (Å²) in [4.78, 5) is 57.2. The minimum atomic E-state index is -1.24. The number of aliphatic hydroxyl groups is 1. The monoisotopic (exact) mass is 517 g/mol. The molecule has 202 valence electrons. The number of benzene rings is 1. The van der Waals surface area contributed by atoms with E-state index in [0.29, 0.717) is 25.1 Å². The molecule has 13 heteroatoms. The Bertz CT molecular complexity index is 1000. The van der Waals surface area contributed by atoms with Crippen LogP contribution < -0.4 is 27.4 Å². The van der Waals surface area contributed by atoms with Crippen LogP contribution in [0.1, 0.15) is 30.5 Å². The Kier molecular flexibility index (Phi) is 12.2. The van der Waals surface area contributed by atoms with Crippen molar-refractivity contribution in [1.29, 1.82) is 0 Å². The third-order valence-electron chi connectivity index (χ3n) is 5.62. The lowest BCUT2D eigenvalue weighted by Gasteiger charge is -2.25. The van der Waals surface area contributed by atoms with Crippen LogP contribution in [0.15, 0.2) is 42.9 Å². The molecule has 0 saturated heterocycles. The maximum absolute atomic E-state index is 13.2. The zero-order chi connectivity index (χ0) is 27.2. The van der Waals surface area contributed by atoms with Crippen molar-refractivity contribution in [2.45, 2.75) is 56.3 Å². The number of carboxylic acids is 1. The highest BCUT2D eigenvalue weighted by Gasteiger charge is 2.30. The van der Waals surface area contributed by atoms with Gasteiger partial charge in [0.2, 0.25) is 17.7 Å². The summed E-state index contributed by atoms with van der Waals surface area (Å²) in [7, 11) is 0. The highest BCUT2D eigenvalue weighted by atomic mass is 16.4. The number of hydrogen-bond donors (Lipinski definition) is 8. The number of nitrogens with zero attached hydrogens (tertiary/aromatic N) is 1. The lowest BCUT2D eigenvalue weighted by molar-refractivity contribution is -0.142. The molecule has 4 atom stereocenters. The van der Waals surface area contributed by atoms with Crippen molar-refractivity contribution in [2.24, 2.45) is 11.5 Å². The summed E-state index contributed by atoms with van der Waals surface area (Å²) in [6, 6.07) is 4.16. The molecule has 0 aliphatic heterocycles. The zero-order valence-corrected chi connectivity index (χ0v) is 20.4. The van der Waals surface area contributed by atoms with E-state index in [2.05, 4.69) is 25.9 Å². The Hall–Kier alpha value is -3.81. The lowest BCUT2D eigenvalue weighted by Crippen LogP contribution is -2.58. The van der Waals surface area contributed by atoms with Crippen molar-refractivity contribution in [3.63, 3.8) is 0 Å². The molecular formula is C24H35N7O6. The Morgan fingerprint density at radius 3 is 2.16 bits per heavy atom. The van der Waals surface area contributed by atoms with Gasteiger partial charge in [0.05, 0.1) is 12.9 Å². The summed E-state index contributed by atoms with van der Waals surface area (Å²) in [5, 5.41) is 26.4. The van der Waals surface area contributed by atoms with E-state index in [4.69, 9.17) is 11.5 Å². The minimum Gasteiger partial charge on any atom is -0.480 e. The largest absolute Gasteiger partial charge is 0.480 e. The topological polar surface area (TPSA) is 226 Å². The van der Waals surface area contributed by atoms with Gasteiger partial charge < -0.3 is 42.6 Å². The number of aromatic amines is 1. The number of aromatic nitrogens is 2. The molecule has 4 unspecified atom stereocenters. The van der Waals surface area contributed by atoms with Gasteiger partial charge in [0.1, 0.15) is 24.2 Å². The summed E-state index contributed by atoms with van der Waals surface area (Å²) in [5.41, 5.74) is 12.4. The molecule has 0 saturated carbocycles. The van der Waals surface area contributed by atoms with Crippen LogP contribution in [0, 0.1) is 0 Å². The molecule has 1 heterocycles. The molecule has 1 aromatic heterocycles. The molecule has 0 aliphatic carbocycles. The normalized spacial score (nSPS) is 14.1. The molecule has 2 aromatic rings. The molecule has 0 spiro atoms. The second-order valence-electron chi connectivity index (χ2n) is 8.57. The van der Waals surface area contributed by atoms with Crippen LogP contribution >= 0.6 is 0 Å². The summed E-state index contributed by atoms with van der Waals surface area (Å²) in [6.45, 7) is -0.238. The van der Waals surface area contributed by atoms with Crippen molar-refractivity contribution in [3.8, 4) is 0 Å². The SMILES string of the molecule is NCCCCC(NC(=O)C(Cc1cnc[nH]1)NC(=O)C(N)CO)C(=O)NC(Cc1ccccc1)C(=O)O. The first-order valence-corrected chi connectivity index (χ1v) is 12.0. The van der Waals surface area contributed by atoms with Gasteiger partial charge in [0, 0.05) is 24.7 Å². The van der Waals surface area contributed by atoms with Crippen LogP contribution in [0.5, 0.6) is 0 Å². The van der Waals surface area contributed by atoms with Gasteiger partial charge in [-0.3, -0.25) is 14.4 Å². The van der Waals surface area contributed by atoms with E-state index in [0.717, 1.165) is 5.56 Å². The van der Waals surface area contributed by atoms with Gasteiger partial charge in [0.15, 0.2) is 0 Å². The zero-order valence-electron chi connectivity index (χ0n) is 20.4. The maximum Gasteiger partial charge on any atom is 0.326 e. The molecule has 37 heavy (non-hydrogen) atoms. The Labute approximate surface area is 214 Å². The first-order chi connectivity index (χ1) is 17.7. The number of nitrogens with two attached hydrogens (primary N) is 2. The molecule has 13 nitrogen and oxygen atoms in total. The number of carbonyl (C=O) groups excluding carboxylic acids is 3. The van der Waals surface area contributed by atoms with Gasteiger partial charge >= 0.3 is 5.97 Å². The lowest BCUT2D eigenvalue weighted by atomic mass is 10.0. The van der Waals surface area contributed by atoms with Crippen molar-refractivity contribution < 1.29 is 29.4 Å². The van der Waals surface area contributed by atoms with Crippen molar-refractivity contribution >= 4 is 23.7 Å². The summed E-state index contributed by atoms with van der Waals surface area (Å²) in [6.07, 6.45) is 4.25.